The summed E-state index contributed by atoms with van der Waals surface area (Å²) in [5.74, 6) is 0. The predicted molar refractivity (Wildman–Crippen MR) is 247 cm³/mol. The highest BCUT2D eigenvalue weighted by molar-refractivity contribution is 6.11. The van der Waals surface area contributed by atoms with Gasteiger partial charge in [-0.1, -0.05) is 164 Å². The van der Waals surface area contributed by atoms with Gasteiger partial charge in [-0.05, 0) is 122 Å². The van der Waals surface area contributed by atoms with Crippen LogP contribution in [0.3, 0.4) is 0 Å². The first kappa shape index (κ1) is 33.6. The molecule has 0 saturated heterocycles. The fraction of sp³-hybridized carbons (Fsp3) is 0. The third-order valence-corrected chi connectivity index (χ3v) is 11.6. The van der Waals surface area contributed by atoms with E-state index in [-0.39, 0.29) is 0 Å². The standard InChI is InChI=1S/C56H38N2/c1-3-13-39(14-4-1)40-25-30-46(31-26-40)57(48-34-36-56-54(38-48)53-21-9-10-24-55(53)58(56)45-18-5-2-6-19-45)47-32-27-42(28-33-47)50-22-12-17-43-37-44(29-35-52(43)50)51-23-11-16-41-15-7-8-20-49(41)51/h1-38H. The largest absolute Gasteiger partial charge is 0.310 e. The maximum Gasteiger partial charge on any atom is 0.0542 e. The summed E-state index contributed by atoms with van der Waals surface area (Å²) in [5.41, 5.74) is 14.2. The molecule has 0 fully saturated rings. The third-order valence-electron chi connectivity index (χ3n) is 11.6. The van der Waals surface area contributed by atoms with E-state index in [1.165, 1.54) is 76.7 Å². The van der Waals surface area contributed by atoms with Crippen LogP contribution < -0.4 is 4.90 Å². The van der Waals surface area contributed by atoms with Crippen molar-refractivity contribution < 1.29 is 0 Å². The van der Waals surface area contributed by atoms with E-state index in [1.807, 2.05) is 0 Å². The topological polar surface area (TPSA) is 8.17 Å². The first-order valence-electron chi connectivity index (χ1n) is 19.9. The molecule has 0 saturated carbocycles. The molecule has 2 nitrogen and oxygen atoms in total. The van der Waals surface area contributed by atoms with Crippen molar-refractivity contribution in [2.24, 2.45) is 0 Å². The number of para-hydroxylation sites is 2. The molecule has 272 valence electrons. The Hall–Kier alpha value is -7.68. The van der Waals surface area contributed by atoms with E-state index in [0.717, 1.165) is 22.7 Å². The summed E-state index contributed by atoms with van der Waals surface area (Å²) in [5, 5.41) is 7.46. The van der Waals surface area contributed by atoms with Gasteiger partial charge in [0.05, 0.1) is 11.0 Å². The van der Waals surface area contributed by atoms with Gasteiger partial charge in [-0.3, -0.25) is 0 Å². The van der Waals surface area contributed by atoms with Crippen molar-refractivity contribution in [3.8, 4) is 39.1 Å². The van der Waals surface area contributed by atoms with Crippen molar-refractivity contribution in [1.82, 2.24) is 4.57 Å². The van der Waals surface area contributed by atoms with E-state index in [4.69, 9.17) is 0 Å². The van der Waals surface area contributed by atoms with E-state index in [2.05, 4.69) is 240 Å². The molecule has 2 heteroatoms. The molecular formula is C56H38N2. The second-order valence-electron chi connectivity index (χ2n) is 15.0. The average molecular weight is 739 g/mol. The van der Waals surface area contributed by atoms with E-state index in [1.54, 1.807) is 0 Å². The zero-order valence-corrected chi connectivity index (χ0v) is 31.8. The van der Waals surface area contributed by atoms with Gasteiger partial charge in [0.25, 0.3) is 0 Å². The summed E-state index contributed by atoms with van der Waals surface area (Å²) < 4.78 is 2.37. The maximum absolute atomic E-state index is 2.38. The smallest absolute Gasteiger partial charge is 0.0542 e. The van der Waals surface area contributed by atoms with Gasteiger partial charge in [0.15, 0.2) is 0 Å². The van der Waals surface area contributed by atoms with Crippen molar-refractivity contribution in [3.05, 3.63) is 231 Å². The molecule has 0 bridgehead atoms. The Bertz CT molecular complexity index is 3250. The fourth-order valence-corrected chi connectivity index (χ4v) is 8.81. The van der Waals surface area contributed by atoms with Crippen molar-refractivity contribution >= 4 is 60.4 Å². The maximum atomic E-state index is 2.38. The minimum Gasteiger partial charge on any atom is -0.310 e. The summed E-state index contributed by atoms with van der Waals surface area (Å²) in [4.78, 5) is 2.38. The Morgan fingerprint density at radius 3 is 1.55 bits per heavy atom. The Labute approximate surface area is 338 Å². The lowest BCUT2D eigenvalue weighted by Crippen LogP contribution is -2.10. The van der Waals surface area contributed by atoms with Gasteiger partial charge in [0.1, 0.15) is 0 Å². The number of rotatable bonds is 7. The van der Waals surface area contributed by atoms with Gasteiger partial charge in [-0.15, -0.1) is 0 Å². The lowest BCUT2D eigenvalue weighted by Gasteiger charge is -2.26. The van der Waals surface area contributed by atoms with Gasteiger partial charge >= 0.3 is 0 Å². The molecule has 11 aromatic rings. The van der Waals surface area contributed by atoms with E-state index < -0.39 is 0 Å². The highest BCUT2D eigenvalue weighted by Gasteiger charge is 2.18. The molecule has 0 aliphatic rings. The van der Waals surface area contributed by atoms with Crippen LogP contribution in [0.5, 0.6) is 0 Å². The van der Waals surface area contributed by atoms with Gasteiger partial charge < -0.3 is 9.47 Å². The highest BCUT2D eigenvalue weighted by Crippen LogP contribution is 2.42. The molecular weight excluding hydrogens is 701 g/mol. The second-order valence-corrected chi connectivity index (χ2v) is 15.0. The summed E-state index contributed by atoms with van der Waals surface area (Å²) in [6, 6.07) is 83.6. The Balaban J connectivity index is 1.02. The Kier molecular flexibility index (Phi) is 8.19. The monoisotopic (exact) mass is 738 g/mol. The lowest BCUT2D eigenvalue weighted by molar-refractivity contribution is 1.18. The number of fused-ring (bicyclic) bond motifs is 5. The fourth-order valence-electron chi connectivity index (χ4n) is 8.81. The number of nitrogens with zero attached hydrogens (tertiary/aromatic N) is 2. The molecule has 0 N–H and O–H groups in total. The number of hydrogen-bond donors (Lipinski definition) is 0. The van der Waals surface area contributed by atoms with Gasteiger partial charge in [-0.25, -0.2) is 0 Å². The van der Waals surface area contributed by atoms with Crippen LogP contribution >= 0.6 is 0 Å². The van der Waals surface area contributed by atoms with E-state index in [0.29, 0.717) is 0 Å². The van der Waals surface area contributed by atoms with Crippen LogP contribution in [0, 0.1) is 0 Å². The van der Waals surface area contributed by atoms with Gasteiger partial charge in [0, 0.05) is 33.5 Å². The van der Waals surface area contributed by atoms with Crippen molar-refractivity contribution in [3.63, 3.8) is 0 Å². The van der Waals surface area contributed by atoms with Crippen LogP contribution in [0.2, 0.25) is 0 Å². The normalized spacial score (nSPS) is 11.4. The minimum absolute atomic E-state index is 1.10. The average Bonchev–Trinajstić information content (AvgIpc) is 3.63. The first-order chi connectivity index (χ1) is 28.8. The molecule has 0 atom stereocenters. The summed E-state index contributed by atoms with van der Waals surface area (Å²) >= 11 is 0. The molecule has 10 aromatic carbocycles. The quantitative estimate of drug-likeness (QED) is 0.158. The number of anilines is 3. The minimum atomic E-state index is 1.10. The van der Waals surface area contributed by atoms with Crippen molar-refractivity contribution in [1.29, 1.82) is 0 Å². The first-order valence-corrected chi connectivity index (χ1v) is 19.9. The third kappa shape index (κ3) is 5.82. The number of aromatic nitrogens is 1. The van der Waals surface area contributed by atoms with E-state index >= 15 is 0 Å². The summed E-state index contributed by atoms with van der Waals surface area (Å²) in [6.07, 6.45) is 0. The number of hydrogen-bond acceptors (Lipinski definition) is 1. The zero-order chi connectivity index (χ0) is 38.4. The second kappa shape index (κ2) is 14.1. The SMILES string of the molecule is c1ccc(-c2ccc(N(c3ccc(-c4cccc5cc(-c6cccc7ccccc67)ccc45)cc3)c3ccc4c(c3)c3ccccc3n4-c3ccccc3)cc2)cc1. The predicted octanol–water partition coefficient (Wildman–Crippen LogP) is 15.6. The molecule has 0 unspecified atom stereocenters. The van der Waals surface area contributed by atoms with Gasteiger partial charge in [-0.2, -0.15) is 0 Å². The van der Waals surface area contributed by atoms with Crippen LogP contribution in [-0.4, -0.2) is 4.57 Å². The summed E-state index contributed by atoms with van der Waals surface area (Å²) in [7, 11) is 0. The van der Waals surface area contributed by atoms with Gasteiger partial charge in [0.2, 0.25) is 0 Å². The van der Waals surface area contributed by atoms with Crippen molar-refractivity contribution in [2.75, 3.05) is 4.90 Å². The number of benzene rings is 10. The molecule has 0 spiro atoms. The molecule has 0 radical (unpaired) electrons. The lowest BCUT2D eigenvalue weighted by atomic mass is 9.93. The molecule has 0 aliphatic carbocycles. The molecule has 0 amide bonds. The zero-order valence-electron chi connectivity index (χ0n) is 31.8. The molecule has 11 rings (SSSR count). The summed E-state index contributed by atoms with van der Waals surface area (Å²) in [6.45, 7) is 0. The highest BCUT2D eigenvalue weighted by atomic mass is 15.1. The molecule has 1 heterocycles. The molecule has 0 aliphatic heterocycles. The molecule has 58 heavy (non-hydrogen) atoms. The van der Waals surface area contributed by atoms with Crippen LogP contribution in [0.15, 0.2) is 231 Å². The van der Waals surface area contributed by atoms with Crippen LogP contribution in [0.25, 0.3) is 82.4 Å². The van der Waals surface area contributed by atoms with E-state index in [9.17, 15) is 0 Å². The molecule has 1 aromatic heterocycles. The Morgan fingerprint density at radius 1 is 0.276 bits per heavy atom. The van der Waals surface area contributed by atoms with Crippen LogP contribution in [0.1, 0.15) is 0 Å². The van der Waals surface area contributed by atoms with Crippen LogP contribution in [-0.2, 0) is 0 Å². The Morgan fingerprint density at radius 2 is 0.793 bits per heavy atom. The van der Waals surface area contributed by atoms with Crippen LogP contribution in [0.4, 0.5) is 17.1 Å². The van der Waals surface area contributed by atoms with Crippen molar-refractivity contribution in [2.45, 2.75) is 0 Å².